The van der Waals surface area contributed by atoms with Gasteiger partial charge >= 0.3 is 5.97 Å². The van der Waals surface area contributed by atoms with Crippen LogP contribution in [0.3, 0.4) is 0 Å². The van der Waals surface area contributed by atoms with E-state index in [9.17, 15) is 13.2 Å². The van der Waals surface area contributed by atoms with Crippen LogP contribution in [0.2, 0.25) is 0 Å². The van der Waals surface area contributed by atoms with Crippen molar-refractivity contribution >= 4 is 16.0 Å². The van der Waals surface area contributed by atoms with Crippen LogP contribution in [0, 0.1) is 0 Å². The summed E-state index contributed by atoms with van der Waals surface area (Å²) >= 11 is 0. The number of primary sulfonamides is 1. The molecule has 0 unspecified atom stereocenters. The molecule has 1 rings (SSSR count). The van der Waals surface area contributed by atoms with Crippen LogP contribution in [0.5, 0.6) is 5.88 Å². The molecule has 0 radical (unpaired) electrons. The molecular weight excluding hydrogens is 208 g/mol. The van der Waals surface area contributed by atoms with Crippen molar-refractivity contribution in [2.75, 3.05) is 0 Å². The lowest BCUT2D eigenvalue weighted by molar-refractivity contribution is -0.132. The highest BCUT2D eigenvalue weighted by Gasteiger charge is 2.15. The van der Waals surface area contributed by atoms with Crippen molar-refractivity contribution in [3.05, 3.63) is 12.1 Å². The van der Waals surface area contributed by atoms with Crippen LogP contribution < -0.4 is 9.88 Å². The molecule has 0 aromatic carbocycles. The molecule has 0 spiro atoms. The summed E-state index contributed by atoms with van der Waals surface area (Å²) in [6.07, 6.45) is 0. The molecule has 6 nitrogen and oxygen atoms in total. The van der Waals surface area contributed by atoms with Crippen molar-refractivity contribution in [2.24, 2.45) is 12.2 Å². The topological polar surface area (TPSA) is 91.4 Å². The van der Waals surface area contributed by atoms with Gasteiger partial charge in [-0.05, 0) is 6.07 Å². The molecule has 78 valence electrons. The Morgan fingerprint density at radius 3 is 2.43 bits per heavy atom. The standard InChI is InChI=1S/C7H10N2O4S/c1-5(10)13-6-3-4-7(9(6)2)14(8,11)12/h3-4H,1-2H3,(H2,8,11,12). The van der Waals surface area contributed by atoms with E-state index in [0.29, 0.717) is 0 Å². The number of aromatic nitrogens is 1. The van der Waals surface area contributed by atoms with Gasteiger partial charge in [0.1, 0.15) is 0 Å². The van der Waals surface area contributed by atoms with Crippen LogP contribution in [0.1, 0.15) is 6.92 Å². The van der Waals surface area contributed by atoms with Gasteiger partial charge < -0.3 is 9.30 Å². The predicted octanol–water partition coefficient (Wildman–Crippen LogP) is -0.402. The van der Waals surface area contributed by atoms with Crippen molar-refractivity contribution in [3.8, 4) is 5.88 Å². The normalized spacial score (nSPS) is 11.4. The van der Waals surface area contributed by atoms with E-state index in [2.05, 4.69) is 0 Å². The Morgan fingerprint density at radius 1 is 1.50 bits per heavy atom. The van der Waals surface area contributed by atoms with Gasteiger partial charge in [-0.15, -0.1) is 0 Å². The molecule has 7 heteroatoms. The third kappa shape index (κ3) is 2.12. The number of ether oxygens (including phenoxy) is 1. The second-order valence-electron chi connectivity index (χ2n) is 2.71. The Hall–Kier alpha value is -1.34. The van der Waals surface area contributed by atoms with Crippen molar-refractivity contribution < 1.29 is 17.9 Å². The number of esters is 1. The highest BCUT2D eigenvalue weighted by atomic mass is 32.2. The molecule has 14 heavy (non-hydrogen) atoms. The number of hydrogen-bond donors (Lipinski definition) is 1. The lowest BCUT2D eigenvalue weighted by Gasteiger charge is -2.04. The Labute approximate surface area is 81.3 Å². The molecule has 1 heterocycles. The van der Waals surface area contributed by atoms with Gasteiger partial charge in [-0.1, -0.05) is 0 Å². The average Bonchev–Trinajstić information content (AvgIpc) is 2.30. The fourth-order valence-electron chi connectivity index (χ4n) is 1.01. The van der Waals surface area contributed by atoms with Gasteiger partial charge in [0.05, 0.1) is 0 Å². The zero-order valence-electron chi connectivity index (χ0n) is 7.72. The van der Waals surface area contributed by atoms with Crippen molar-refractivity contribution in [1.29, 1.82) is 0 Å². The highest BCUT2D eigenvalue weighted by molar-refractivity contribution is 7.89. The number of hydrogen-bond acceptors (Lipinski definition) is 4. The molecule has 1 aromatic rings. The first-order valence-electron chi connectivity index (χ1n) is 3.69. The van der Waals surface area contributed by atoms with Crippen LogP contribution in [-0.4, -0.2) is 19.0 Å². The molecule has 1 aromatic heterocycles. The summed E-state index contributed by atoms with van der Waals surface area (Å²) in [5.41, 5.74) is 0. The van der Waals surface area contributed by atoms with Gasteiger partial charge in [-0.2, -0.15) is 0 Å². The van der Waals surface area contributed by atoms with Crippen LogP contribution >= 0.6 is 0 Å². The van der Waals surface area contributed by atoms with Crippen LogP contribution in [0.15, 0.2) is 17.2 Å². The summed E-state index contributed by atoms with van der Waals surface area (Å²) in [6, 6.07) is 2.63. The molecule has 2 N–H and O–H groups in total. The van der Waals surface area contributed by atoms with Gasteiger partial charge in [0.2, 0.25) is 5.88 Å². The van der Waals surface area contributed by atoms with E-state index in [-0.39, 0.29) is 10.9 Å². The smallest absolute Gasteiger partial charge is 0.309 e. The average molecular weight is 218 g/mol. The molecule has 0 bridgehead atoms. The van der Waals surface area contributed by atoms with Gasteiger partial charge in [0, 0.05) is 20.0 Å². The first kappa shape index (κ1) is 10.7. The maximum Gasteiger partial charge on any atom is 0.309 e. The molecule has 0 fully saturated rings. The largest absolute Gasteiger partial charge is 0.409 e. The second-order valence-corrected chi connectivity index (χ2v) is 4.22. The third-order valence-electron chi connectivity index (χ3n) is 1.57. The van der Waals surface area contributed by atoms with Crippen molar-refractivity contribution in [3.63, 3.8) is 0 Å². The van der Waals surface area contributed by atoms with Gasteiger partial charge in [0.25, 0.3) is 10.0 Å². The van der Waals surface area contributed by atoms with Crippen LogP contribution in [0.25, 0.3) is 0 Å². The number of nitrogens with zero attached hydrogens (tertiary/aromatic N) is 1. The summed E-state index contributed by atoms with van der Waals surface area (Å²) in [6.45, 7) is 1.23. The molecule has 0 aliphatic heterocycles. The fourth-order valence-corrected chi connectivity index (χ4v) is 1.74. The van der Waals surface area contributed by atoms with E-state index in [1.807, 2.05) is 0 Å². The maximum absolute atomic E-state index is 11.0. The molecule has 0 saturated heterocycles. The van der Waals surface area contributed by atoms with E-state index in [0.717, 1.165) is 0 Å². The summed E-state index contributed by atoms with van der Waals surface area (Å²) in [7, 11) is -2.33. The molecule has 0 atom stereocenters. The summed E-state index contributed by atoms with van der Waals surface area (Å²) < 4.78 is 27.9. The lowest BCUT2D eigenvalue weighted by atomic mass is 10.6. The van der Waals surface area contributed by atoms with Gasteiger partial charge in [-0.3, -0.25) is 4.79 Å². The fraction of sp³-hybridized carbons (Fsp3) is 0.286. The Kier molecular flexibility index (Phi) is 2.63. The third-order valence-corrected chi connectivity index (χ3v) is 2.56. The van der Waals surface area contributed by atoms with Crippen LogP contribution in [-0.2, 0) is 21.9 Å². The molecule has 0 amide bonds. The second kappa shape index (κ2) is 3.43. The number of sulfonamides is 1. The van der Waals surface area contributed by atoms with Crippen LogP contribution in [0.4, 0.5) is 0 Å². The van der Waals surface area contributed by atoms with Crippen molar-refractivity contribution in [2.45, 2.75) is 11.9 Å². The van der Waals surface area contributed by atoms with E-state index < -0.39 is 16.0 Å². The van der Waals surface area contributed by atoms with E-state index in [1.165, 1.54) is 30.7 Å². The maximum atomic E-state index is 11.0. The Bertz CT molecular complexity index is 460. The minimum Gasteiger partial charge on any atom is -0.409 e. The number of carbonyl (C=O) groups excluding carboxylic acids is 1. The lowest BCUT2D eigenvalue weighted by Crippen LogP contribution is -2.16. The quantitative estimate of drug-likeness (QED) is 0.683. The zero-order chi connectivity index (χ0) is 10.9. The summed E-state index contributed by atoms with van der Waals surface area (Å²) in [5.74, 6) is -0.381. The summed E-state index contributed by atoms with van der Waals surface area (Å²) in [4.78, 5) is 10.6. The molecular formula is C7H10N2O4S. The van der Waals surface area contributed by atoms with Gasteiger partial charge in [0.15, 0.2) is 5.03 Å². The number of carbonyl (C=O) groups is 1. The van der Waals surface area contributed by atoms with E-state index in [1.54, 1.807) is 0 Å². The molecule has 0 aliphatic carbocycles. The highest BCUT2D eigenvalue weighted by Crippen LogP contribution is 2.18. The first-order valence-corrected chi connectivity index (χ1v) is 5.24. The summed E-state index contributed by atoms with van der Waals surface area (Å²) in [5, 5.41) is 4.81. The van der Waals surface area contributed by atoms with Crippen molar-refractivity contribution in [1.82, 2.24) is 4.57 Å². The number of rotatable bonds is 2. The zero-order valence-corrected chi connectivity index (χ0v) is 8.54. The minimum absolute atomic E-state index is 0.103. The Morgan fingerprint density at radius 2 is 2.07 bits per heavy atom. The predicted molar refractivity (Wildman–Crippen MR) is 48.1 cm³/mol. The monoisotopic (exact) mass is 218 g/mol. The minimum atomic E-state index is -3.78. The molecule has 0 saturated carbocycles. The molecule has 0 aliphatic rings. The SMILES string of the molecule is CC(=O)Oc1ccc(S(N)(=O)=O)n1C. The number of nitrogens with two attached hydrogens (primary N) is 1. The van der Waals surface area contributed by atoms with E-state index >= 15 is 0 Å². The first-order chi connectivity index (χ1) is 6.32. The van der Waals surface area contributed by atoms with E-state index in [4.69, 9.17) is 9.88 Å². The Balaban J connectivity index is 3.16. The van der Waals surface area contributed by atoms with Gasteiger partial charge in [-0.25, -0.2) is 13.6 Å².